The molecule has 0 spiro atoms. The number of hydrogen-bond acceptors (Lipinski definition) is 4. The second-order valence-corrected chi connectivity index (χ2v) is 17.8. The lowest BCUT2D eigenvalue weighted by Gasteiger charge is -2.20. The van der Waals surface area contributed by atoms with Gasteiger partial charge in [0.2, 0.25) is 11.9 Å². The Labute approximate surface area is 413 Å². The van der Waals surface area contributed by atoms with Crippen LogP contribution in [0.4, 0.5) is 0 Å². The zero-order chi connectivity index (χ0) is 52.4. The monoisotopic (exact) mass is 914 g/mol. The third-order valence-corrected chi connectivity index (χ3v) is 14.2. The third kappa shape index (κ3) is 5.25. The summed E-state index contributed by atoms with van der Waals surface area (Å²) >= 11 is 0. The van der Waals surface area contributed by atoms with Crippen LogP contribution in [-0.2, 0) is 0 Å². The van der Waals surface area contributed by atoms with Crippen molar-refractivity contribution in [2.45, 2.75) is 0 Å². The van der Waals surface area contributed by atoms with E-state index >= 15 is 0 Å². The Morgan fingerprint density at radius 2 is 0.761 bits per heavy atom. The highest BCUT2D eigenvalue weighted by molar-refractivity contribution is 6.25. The fourth-order valence-electron chi connectivity index (χ4n) is 11.3. The number of para-hydroxylation sites is 8. The Morgan fingerprint density at radius 3 is 1.34 bits per heavy atom. The summed E-state index contributed by atoms with van der Waals surface area (Å²) in [7, 11) is 0. The lowest BCUT2D eigenvalue weighted by molar-refractivity contribution is 0.669. The lowest BCUT2D eigenvalue weighted by atomic mass is 10.1. The van der Waals surface area contributed by atoms with E-state index in [9.17, 15) is 6.85 Å². The van der Waals surface area contributed by atoms with Gasteiger partial charge in [0.1, 0.15) is 11.2 Å². The summed E-state index contributed by atoms with van der Waals surface area (Å²) in [5.74, 6) is 0.218. The Balaban J connectivity index is 1.17. The van der Waals surface area contributed by atoms with Gasteiger partial charge in [0.25, 0.3) is 0 Å². The van der Waals surface area contributed by atoms with E-state index in [4.69, 9.17) is 22.1 Å². The van der Waals surface area contributed by atoms with Crippen LogP contribution in [0.25, 0.3) is 144 Å². The van der Waals surface area contributed by atoms with E-state index in [-0.39, 0.29) is 76.4 Å². The number of benzene rings is 10. The summed E-state index contributed by atoms with van der Waals surface area (Å²) in [5, 5.41) is 7.97. The molecule has 0 fully saturated rings. The van der Waals surface area contributed by atoms with Crippen LogP contribution in [0, 0.1) is 0 Å². The van der Waals surface area contributed by atoms with E-state index in [1.807, 2.05) is 196 Å². The van der Waals surface area contributed by atoms with Gasteiger partial charge in [-0.2, -0.15) is 15.0 Å². The second-order valence-electron chi connectivity index (χ2n) is 17.8. The summed E-state index contributed by atoms with van der Waals surface area (Å²) in [6.07, 6.45) is 0. The zero-order valence-electron chi connectivity index (χ0n) is 44.4. The van der Waals surface area contributed by atoms with Gasteiger partial charge in [-0.05, 0) is 72.7 Å². The molecule has 0 unspecified atom stereocenters. The van der Waals surface area contributed by atoms with Crippen molar-refractivity contribution < 1.29 is 14.0 Å². The van der Waals surface area contributed by atoms with E-state index in [0.29, 0.717) is 33.0 Å². The van der Waals surface area contributed by atoms with Gasteiger partial charge in [-0.15, -0.1) is 0 Å². The molecule has 0 saturated carbocycles. The Bertz CT molecular complexity index is 5230. The van der Waals surface area contributed by atoms with Gasteiger partial charge in [0.15, 0.2) is 5.82 Å². The van der Waals surface area contributed by atoms with Gasteiger partial charge in [0, 0.05) is 48.5 Å². The minimum Gasteiger partial charge on any atom is -0.456 e. The Hall–Kier alpha value is -9.79. The van der Waals surface area contributed by atoms with Crippen molar-refractivity contribution >= 4 is 109 Å². The van der Waals surface area contributed by atoms with E-state index in [1.54, 1.807) is 4.57 Å². The number of aromatic nitrogens is 7. The molecule has 71 heavy (non-hydrogen) atoms. The standard InChI is InChI=1S/C63H37N7O/c1-9-26-47-38(18-1)39-19-2-10-27-48(39)67(47)54-33-17-34-55(68-49-28-11-7-24-44(49)45-36-37-57-58(60(45)68)46-25-8-16-35-56(46)71-57)59(54)61-64-62(69-50-29-12-3-20-40(50)41-21-4-13-30-51(41)69)66-63(65-61)70-52-31-14-5-22-42(52)43-23-6-15-32-53(43)70/h1-37H/i3D,12D,17D,20D,29D,33D,34D. The first kappa shape index (κ1) is 32.0. The molecule has 8 nitrogen and oxygen atoms in total. The molecule has 16 rings (SSSR count). The fourth-order valence-corrected chi connectivity index (χ4v) is 11.3. The summed E-state index contributed by atoms with van der Waals surface area (Å²) in [4.78, 5) is 16.5. The van der Waals surface area contributed by atoms with Crippen LogP contribution < -0.4 is 0 Å². The molecular weight excluding hydrogens is 871 g/mol. The molecule has 0 bridgehead atoms. The zero-order valence-corrected chi connectivity index (χ0v) is 37.4. The average molecular weight is 915 g/mol. The van der Waals surface area contributed by atoms with Gasteiger partial charge in [-0.3, -0.25) is 9.13 Å². The molecule has 0 radical (unpaired) electrons. The summed E-state index contributed by atoms with van der Waals surface area (Å²) in [5.41, 5.74) is 7.21. The highest BCUT2D eigenvalue weighted by Gasteiger charge is 2.28. The molecule has 0 aliphatic rings. The molecular formula is C63H37N7O. The van der Waals surface area contributed by atoms with Crippen LogP contribution in [0.5, 0.6) is 0 Å². The number of rotatable bonds is 5. The van der Waals surface area contributed by atoms with Crippen LogP contribution in [0.15, 0.2) is 229 Å². The van der Waals surface area contributed by atoms with Crippen molar-refractivity contribution in [3.63, 3.8) is 0 Å². The van der Waals surface area contributed by atoms with Gasteiger partial charge in [-0.1, -0.05) is 152 Å². The van der Waals surface area contributed by atoms with E-state index in [2.05, 4.69) is 0 Å². The van der Waals surface area contributed by atoms with Crippen molar-refractivity contribution in [2.24, 2.45) is 0 Å². The maximum atomic E-state index is 10.4. The van der Waals surface area contributed by atoms with Gasteiger partial charge in [-0.25, -0.2) is 0 Å². The normalized spacial score (nSPS) is 13.6. The number of hydrogen-bond donors (Lipinski definition) is 0. The first-order valence-electron chi connectivity index (χ1n) is 26.9. The van der Waals surface area contributed by atoms with Gasteiger partial charge < -0.3 is 13.6 Å². The maximum absolute atomic E-state index is 10.4. The number of fused-ring (bicyclic) bond motifs is 16. The van der Waals surface area contributed by atoms with Crippen LogP contribution in [0.3, 0.4) is 0 Å². The molecule has 6 aromatic heterocycles. The van der Waals surface area contributed by atoms with Crippen molar-refractivity contribution in [3.05, 3.63) is 224 Å². The summed E-state index contributed by atoms with van der Waals surface area (Å²) in [6, 6.07) is 57.0. The molecule has 330 valence electrons. The quantitative estimate of drug-likeness (QED) is 0.172. The average Bonchev–Trinajstić information content (AvgIpc) is 4.37. The van der Waals surface area contributed by atoms with E-state index < -0.39 is 6.04 Å². The highest BCUT2D eigenvalue weighted by atomic mass is 16.3. The van der Waals surface area contributed by atoms with Crippen LogP contribution in [0.2, 0.25) is 0 Å². The number of furan rings is 1. The van der Waals surface area contributed by atoms with Crippen molar-refractivity contribution in [1.82, 2.24) is 33.2 Å². The fraction of sp³-hybridized carbons (Fsp3) is 0. The largest absolute Gasteiger partial charge is 0.456 e. The molecule has 0 aliphatic carbocycles. The molecule has 0 aliphatic heterocycles. The molecule has 0 atom stereocenters. The second kappa shape index (κ2) is 14.4. The molecule has 0 saturated heterocycles. The topological polar surface area (TPSA) is 71.5 Å². The van der Waals surface area contributed by atoms with Gasteiger partial charge >= 0.3 is 0 Å². The minimum absolute atomic E-state index is 0.0191. The van der Waals surface area contributed by atoms with Crippen LogP contribution in [0.1, 0.15) is 9.60 Å². The minimum atomic E-state index is -0.419. The van der Waals surface area contributed by atoms with Gasteiger partial charge in [0.05, 0.1) is 76.1 Å². The summed E-state index contributed by atoms with van der Waals surface area (Å²) < 4.78 is 81.7. The first-order valence-corrected chi connectivity index (χ1v) is 23.4. The SMILES string of the molecule is [2H]c1c([2H])c(-n2c3ccccc3c3ccccc32)c(-c2nc(-n3c4ccccc4c4ccccc43)nc(-n3c4ccccc4c4c([2H])c([2H])c([2H])c([2H])c43)n2)c(-n2c3ccccc3c3ccc4oc5ccccc5c4c32)c1[2H]. The van der Waals surface area contributed by atoms with E-state index in [1.165, 1.54) is 0 Å². The lowest BCUT2D eigenvalue weighted by Crippen LogP contribution is -2.12. The molecule has 0 amide bonds. The predicted molar refractivity (Wildman–Crippen MR) is 290 cm³/mol. The van der Waals surface area contributed by atoms with Crippen LogP contribution >= 0.6 is 0 Å². The molecule has 16 aromatic rings. The highest BCUT2D eigenvalue weighted by Crippen LogP contribution is 2.45. The third-order valence-electron chi connectivity index (χ3n) is 14.2. The van der Waals surface area contributed by atoms with Crippen molar-refractivity contribution in [1.29, 1.82) is 0 Å². The predicted octanol–water partition coefficient (Wildman–Crippen LogP) is 15.8. The van der Waals surface area contributed by atoms with E-state index in [0.717, 1.165) is 70.7 Å². The number of nitrogens with zero attached hydrogens (tertiary/aromatic N) is 7. The maximum Gasteiger partial charge on any atom is 0.240 e. The smallest absolute Gasteiger partial charge is 0.240 e. The molecule has 8 heteroatoms. The molecule has 6 heterocycles. The Morgan fingerprint density at radius 1 is 0.324 bits per heavy atom. The molecule has 10 aromatic carbocycles. The van der Waals surface area contributed by atoms with Crippen molar-refractivity contribution in [2.75, 3.05) is 0 Å². The van der Waals surface area contributed by atoms with Crippen LogP contribution in [-0.4, -0.2) is 33.2 Å². The first-order chi connectivity index (χ1) is 38.2. The van der Waals surface area contributed by atoms with Crippen molar-refractivity contribution in [3.8, 4) is 34.7 Å². The molecule has 0 N–H and O–H groups in total. The summed E-state index contributed by atoms with van der Waals surface area (Å²) in [6.45, 7) is 0. The Kier molecular flexibility index (Phi) is 6.49.